The molecule has 1 amide bonds. The zero-order chi connectivity index (χ0) is 13.0. The van der Waals surface area contributed by atoms with Crippen molar-refractivity contribution in [1.29, 1.82) is 0 Å². The first kappa shape index (κ1) is 12.4. The smallest absolute Gasteiger partial charge is 0.246 e. The standard InChI is InChI=1S/C15H18N2O/c1-3-7-17-15(18)11(2)9-12-4-5-14-13(10-12)6-8-16-14/h4-6,8-10,16H,3,7H2,1-2H3,(H,17,18). The second-order valence-corrected chi connectivity index (χ2v) is 4.41. The fourth-order valence-corrected chi connectivity index (χ4v) is 1.86. The van der Waals surface area contributed by atoms with Gasteiger partial charge in [0.15, 0.2) is 0 Å². The number of fused-ring (bicyclic) bond motifs is 1. The molecule has 0 saturated carbocycles. The number of carbonyl (C=O) groups excluding carboxylic acids is 1. The molecule has 0 aliphatic rings. The number of amides is 1. The van der Waals surface area contributed by atoms with Gasteiger partial charge in [0.2, 0.25) is 5.91 Å². The van der Waals surface area contributed by atoms with Crippen LogP contribution in [0.4, 0.5) is 0 Å². The van der Waals surface area contributed by atoms with Crippen molar-refractivity contribution in [2.45, 2.75) is 20.3 Å². The molecule has 18 heavy (non-hydrogen) atoms. The molecule has 3 nitrogen and oxygen atoms in total. The average Bonchev–Trinajstić information content (AvgIpc) is 2.83. The zero-order valence-electron chi connectivity index (χ0n) is 10.8. The van der Waals surface area contributed by atoms with Crippen LogP contribution in [0, 0.1) is 0 Å². The second-order valence-electron chi connectivity index (χ2n) is 4.41. The number of rotatable bonds is 4. The molecule has 1 aromatic carbocycles. The normalized spacial score (nSPS) is 11.8. The predicted octanol–water partition coefficient (Wildman–Crippen LogP) is 3.10. The summed E-state index contributed by atoms with van der Waals surface area (Å²) in [5.74, 6) is 0.00557. The summed E-state index contributed by atoms with van der Waals surface area (Å²) in [6.07, 6.45) is 4.78. The third kappa shape index (κ3) is 2.80. The Hall–Kier alpha value is -2.03. The van der Waals surface area contributed by atoms with E-state index in [1.165, 1.54) is 0 Å². The third-order valence-corrected chi connectivity index (χ3v) is 2.85. The molecule has 0 bridgehead atoms. The highest BCUT2D eigenvalue weighted by atomic mass is 16.1. The number of carbonyl (C=O) groups is 1. The lowest BCUT2D eigenvalue weighted by Gasteiger charge is -2.03. The topological polar surface area (TPSA) is 44.9 Å². The van der Waals surface area contributed by atoms with Gasteiger partial charge >= 0.3 is 0 Å². The van der Waals surface area contributed by atoms with E-state index in [1.807, 2.05) is 44.3 Å². The number of nitrogens with one attached hydrogen (secondary N) is 2. The van der Waals surface area contributed by atoms with Gasteiger partial charge in [-0.05, 0) is 48.6 Å². The minimum Gasteiger partial charge on any atom is -0.361 e. The molecule has 3 heteroatoms. The lowest BCUT2D eigenvalue weighted by Crippen LogP contribution is -2.24. The summed E-state index contributed by atoms with van der Waals surface area (Å²) < 4.78 is 0. The van der Waals surface area contributed by atoms with Crippen molar-refractivity contribution < 1.29 is 4.79 Å². The van der Waals surface area contributed by atoms with Crippen LogP contribution in [0.3, 0.4) is 0 Å². The van der Waals surface area contributed by atoms with Crippen molar-refractivity contribution in [2.75, 3.05) is 6.54 Å². The summed E-state index contributed by atoms with van der Waals surface area (Å²) in [4.78, 5) is 14.9. The van der Waals surface area contributed by atoms with Crippen LogP contribution in [-0.4, -0.2) is 17.4 Å². The average molecular weight is 242 g/mol. The van der Waals surface area contributed by atoms with E-state index in [0.29, 0.717) is 0 Å². The van der Waals surface area contributed by atoms with Crippen LogP contribution < -0.4 is 5.32 Å². The Morgan fingerprint density at radius 1 is 1.39 bits per heavy atom. The molecule has 1 aromatic heterocycles. The molecule has 0 fully saturated rings. The number of aromatic amines is 1. The summed E-state index contributed by atoms with van der Waals surface area (Å²) in [5.41, 5.74) is 2.89. The zero-order valence-corrected chi connectivity index (χ0v) is 10.8. The second kappa shape index (κ2) is 5.54. The van der Waals surface area contributed by atoms with E-state index in [4.69, 9.17) is 0 Å². The maximum atomic E-state index is 11.7. The fourth-order valence-electron chi connectivity index (χ4n) is 1.86. The first-order valence-electron chi connectivity index (χ1n) is 6.24. The van der Waals surface area contributed by atoms with Gasteiger partial charge < -0.3 is 10.3 Å². The van der Waals surface area contributed by atoms with Crippen molar-refractivity contribution in [1.82, 2.24) is 10.3 Å². The number of hydrogen-bond donors (Lipinski definition) is 2. The molecule has 0 aliphatic carbocycles. The van der Waals surface area contributed by atoms with Crippen LogP contribution >= 0.6 is 0 Å². The van der Waals surface area contributed by atoms with Crippen LogP contribution in [0.2, 0.25) is 0 Å². The first-order valence-corrected chi connectivity index (χ1v) is 6.24. The summed E-state index contributed by atoms with van der Waals surface area (Å²) in [7, 11) is 0. The van der Waals surface area contributed by atoms with Crippen LogP contribution in [-0.2, 0) is 4.79 Å². The summed E-state index contributed by atoms with van der Waals surface area (Å²) in [6.45, 7) is 4.60. The minimum atomic E-state index is 0.00557. The summed E-state index contributed by atoms with van der Waals surface area (Å²) in [5, 5.41) is 4.03. The number of H-pyrrole nitrogens is 1. The van der Waals surface area contributed by atoms with E-state index in [0.717, 1.165) is 35.0 Å². The van der Waals surface area contributed by atoms with Gasteiger partial charge in [0, 0.05) is 23.8 Å². The molecular weight excluding hydrogens is 224 g/mol. The number of aromatic nitrogens is 1. The van der Waals surface area contributed by atoms with E-state index < -0.39 is 0 Å². The molecule has 2 aromatic rings. The van der Waals surface area contributed by atoms with E-state index in [1.54, 1.807) is 0 Å². The molecule has 1 heterocycles. The van der Waals surface area contributed by atoms with Crippen LogP contribution in [0.5, 0.6) is 0 Å². The molecule has 0 atom stereocenters. The third-order valence-electron chi connectivity index (χ3n) is 2.85. The van der Waals surface area contributed by atoms with Gasteiger partial charge in [-0.15, -0.1) is 0 Å². The quantitative estimate of drug-likeness (QED) is 0.795. The summed E-state index contributed by atoms with van der Waals surface area (Å²) in [6, 6.07) is 8.13. The Balaban J connectivity index is 2.17. The van der Waals surface area contributed by atoms with Crippen LogP contribution in [0.15, 0.2) is 36.0 Å². The van der Waals surface area contributed by atoms with Gasteiger partial charge in [-0.2, -0.15) is 0 Å². The molecule has 0 spiro atoms. The van der Waals surface area contributed by atoms with Gasteiger partial charge in [-0.25, -0.2) is 0 Å². The van der Waals surface area contributed by atoms with Gasteiger partial charge in [0.05, 0.1) is 0 Å². The van der Waals surface area contributed by atoms with E-state index >= 15 is 0 Å². The Morgan fingerprint density at radius 2 is 2.22 bits per heavy atom. The van der Waals surface area contributed by atoms with Crippen molar-refractivity contribution >= 4 is 22.9 Å². The Bertz CT molecular complexity index is 581. The van der Waals surface area contributed by atoms with Gasteiger partial charge in [0.25, 0.3) is 0 Å². The highest BCUT2D eigenvalue weighted by molar-refractivity contribution is 5.97. The van der Waals surface area contributed by atoms with E-state index in [-0.39, 0.29) is 5.91 Å². The fraction of sp³-hybridized carbons (Fsp3) is 0.267. The monoisotopic (exact) mass is 242 g/mol. The van der Waals surface area contributed by atoms with Crippen LogP contribution in [0.1, 0.15) is 25.8 Å². The van der Waals surface area contributed by atoms with Crippen molar-refractivity contribution in [3.8, 4) is 0 Å². The van der Waals surface area contributed by atoms with E-state index in [2.05, 4.69) is 16.4 Å². The van der Waals surface area contributed by atoms with Gasteiger partial charge in [-0.3, -0.25) is 4.79 Å². The Kier molecular flexibility index (Phi) is 3.82. The molecule has 0 unspecified atom stereocenters. The lowest BCUT2D eigenvalue weighted by molar-refractivity contribution is -0.117. The minimum absolute atomic E-state index is 0.00557. The highest BCUT2D eigenvalue weighted by Gasteiger charge is 2.03. The Labute approximate surface area is 107 Å². The highest BCUT2D eigenvalue weighted by Crippen LogP contribution is 2.16. The molecular formula is C15H18N2O. The van der Waals surface area contributed by atoms with Crippen molar-refractivity contribution in [3.63, 3.8) is 0 Å². The van der Waals surface area contributed by atoms with Crippen LogP contribution in [0.25, 0.3) is 17.0 Å². The van der Waals surface area contributed by atoms with E-state index in [9.17, 15) is 4.79 Å². The Morgan fingerprint density at radius 3 is 3.00 bits per heavy atom. The lowest BCUT2D eigenvalue weighted by atomic mass is 10.1. The van der Waals surface area contributed by atoms with Crippen molar-refractivity contribution in [3.05, 3.63) is 41.6 Å². The SMILES string of the molecule is CCCNC(=O)C(C)=Cc1ccc2[nH]ccc2c1. The first-order chi connectivity index (χ1) is 8.70. The molecule has 0 radical (unpaired) electrons. The summed E-state index contributed by atoms with van der Waals surface area (Å²) >= 11 is 0. The molecule has 94 valence electrons. The van der Waals surface area contributed by atoms with Gasteiger partial charge in [0.1, 0.15) is 0 Å². The number of benzene rings is 1. The predicted molar refractivity (Wildman–Crippen MR) is 75.3 cm³/mol. The molecule has 0 aliphatic heterocycles. The maximum Gasteiger partial charge on any atom is 0.246 e. The molecule has 0 saturated heterocycles. The van der Waals surface area contributed by atoms with Crippen molar-refractivity contribution in [2.24, 2.45) is 0 Å². The number of hydrogen-bond acceptors (Lipinski definition) is 1. The van der Waals surface area contributed by atoms with Gasteiger partial charge in [-0.1, -0.05) is 13.0 Å². The molecule has 2 rings (SSSR count). The molecule has 2 N–H and O–H groups in total. The maximum absolute atomic E-state index is 11.7. The largest absolute Gasteiger partial charge is 0.361 e.